The highest BCUT2D eigenvalue weighted by Gasteiger charge is 2.31. The van der Waals surface area contributed by atoms with Crippen molar-refractivity contribution in [3.8, 4) is 11.5 Å². The third-order valence-electron chi connectivity index (χ3n) is 4.01. The fourth-order valence-electron chi connectivity index (χ4n) is 2.60. The highest BCUT2D eigenvalue weighted by atomic mass is 32.2. The second-order valence-corrected chi connectivity index (χ2v) is 7.55. The van der Waals surface area contributed by atoms with Crippen LogP contribution < -0.4 is 9.47 Å². The molecule has 0 N–H and O–H groups in total. The highest BCUT2D eigenvalue weighted by Crippen LogP contribution is 2.35. The van der Waals surface area contributed by atoms with Crippen LogP contribution in [0.5, 0.6) is 11.5 Å². The number of amides is 1. The molecule has 7 heteroatoms. The van der Waals surface area contributed by atoms with Gasteiger partial charge in [-0.15, -0.1) is 6.58 Å². The first-order chi connectivity index (χ1) is 13.5. The molecular weight excluding hydrogens is 397 g/mol. The fraction of sp³-hybridized carbons (Fsp3) is 0.143. The van der Waals surface area contributed by atoms with Crippen LogP contribution in [0.1, 0.15) is 11.1 Å². The molecule has 0 saturated carbocycles. The summed E-state index contributed by atoms with van der Waals surface area (Å²) < 4.78 is 25.4. The van der Waals surface area contributed by atoms with Gasteiger partial charge in [-0.3, -0.25) is 9.69 Å². The van der Waals surface area contributed by atoms with Crippen molar-refractivity contribution in [3.05, 3.63) is 77.0 Å². The summed E-state index contributed by atoms with van der Waals surface area (Å²) in [6.45, 7) is 4.09. The molecule has 1 aliphatic heterocycles. The Morgan fingerprint density at radius 3 is 2.75 bits per heavy atom. The minimum Gasteiger partial charge on any atom is -0.493 e. The Kier molecular flexibility index (Phi) is 6.49. The highest BCUT2D eigenvalue weighted by molar-refractivity contribution is 8.26. The zero-order valence-electron chi connectivity index (χ0n) is 15.2. The summed E-state index contributed by atoms with van der Waals surface area (Å²) in [5, 5.41) is 0. The van der Waals surface area contributed by atoms with Gasteiger partial charge < -0.3 is 9.47 Å². The lowest BCUT2D eigenvalue weighted by Gasteiger charge is -2.12. The van der Waals surface area contributed by atoms with Gasteiger partial charge in [-0.2, -0.15) is 0 Å². The maximum absolute atomic E-state index is 13.8. The van der Waals surface area contributed by atoms with Crippen LogP contribution in [0.4, 0.5) is 4.39 Å². The van der Waals surface area contributed by atoms with Gasteiger partial charge in [0, 0.05) is 12.1 Å². The molecule has 0 unspecified atom stereocenters. The Balaban J connectivity index is 1.83. The fourth-order valence-corrected chi connectivity index (χ4v) is 3.88. The second kappa shape index (κ2) is 9.03. The lowest BCUT2D eigenvalue weighted by molar-refractivity contribution is -0.121. The predicted octanol–water partition coefficient (Wildman–Crippen LogP) is 4.80. The molecule has 0 aromatic heterocycles. The summed E-state index contributed by atoms with van der Waals surface area (Å²) in [6, 6.07) is 11.7. The monoisotopic (exact) mass is 415 g/mol. The predicted molar refractivity (Wildman–Crippen MR) is 114 cm³/mol. The van der Waals surface area contributed by atoms with Gasteiger partial charge in [0.1, 0.15) is 16.7 Å². The van der Waals surface area contributed by atoms with Crippen LogP contribution >= 0.6 is 24.0 Å². The SMILES string of the molecule is C=CCN1C(=O)/C(=C\c2ccc(OC)c(OCc3ccccc3F)c2)SC1=S. The molecule has 2 aromatic rings. The quantitative estimate of drug-likeness (QED) is 0.369. The van der Waals surface area contributed by atoms with Crippen molar-refractivity contribution in [2.45, 2.75) is 6.61 Å². The van der Waals surface area contributed by atoms with E-state index in [1.807, 2.05) is 6.07 Å². The average Bonchev–Trinajstić information content (AvgIpc) is 2.95. The van der Waals surface area contributed by atoms with Gasteiger partial charge in [0.2, 0.25) is 0 Å². The smallest absolute Gasteiger partial charge is 0.266 e. The average molecular weight is 416 g/mol. The molecule has 4 nitrogen and oxygen atoms in total. The second-order valence-electron chi connectivity index (χ2n) is 5.87. The minimum absolute atomic E-state index is 0.0634. The number of carbonyl (C=O) groups excluding carboxylic acids is 1. The summed E-state index contributed by atoms with van der Waals surface area (Å²) in [6.07, 6.45) is 3.38. The van der Waals surface area contributed by atoms with Crippen molar-refractivity contribution in [1.29, 1.82) is 0 Å². The van der Waals surface area contributed by atoms with Crippen molar-refractivity contribution in [2.24, 2.45) is 0 Å². The van der Waals surface area contributed by atoms with E-state index in [4.69, 9.17) is 21.7 Å². The third-order valence-corrected chi connectivity index (χ3v) is 5.39. The molecule has 1 amide bonds. The number of thioether (sulfide) groups is 1. The lowest BCUT2D eigenvalue weighted by Crippen LogP contribution is -2.27. The maximum atomic E-state index is 13.8. The van der Waals surface area contributed by atoms with Crippen LogP contribution in [0.2, 0.25) is 0 Å². The van der Waals surface area contributed by atoms with E-state index in [0.717, 1.165) is 5.56 Å². The number of rotatable bonds is 7. The van der Waals surface area contributed by atoms with Crippen molar-refractivity contribution in [3.63, 3.8) is 0 Å². The molecule has 0 bridgehead atoms. The van der Waals surface area contributed by atoms with E-state index < -0.39 is 0 Å². The first-order valence-corrected chi connectivity index (χ1v) is 9.66. The summed E-state index contributed by atoms with van der Waals surface area (Å²) >= 11 is 6.49. The Bertz CT molecular complexity index is 958. The first-order valence-electron chi connectivity index (χ1n) is 8.44. The molecule has 144 valence electrons. The summed E-state index contributed by atoms with van der Waals surface area (Å²) in [7, 11) is 1.53. The zero-order chi connectivity index (χ0) is 20.1. The summed E-state index contributed by atoms with van der Waals surface area (Å²) in [4.78, 5) is 14.5. The largest absolute Gasteiger partial charge is 0.493 e. The van der Waals surface area contributed by atoms with Crippen LogP contribution in [0.15, 0.2) is 60.0 Å². The molecule has 1 fully saturated rings. The Hall–Kier alpha value is -2.64. The standard InChI is InChI=1S/C21H18FNO3S2/c1-3-10-23-20(24)19(28-21(23)27)12-14-8-9-17(25-2)18(11-14)26-13-15-6-4-5-7-16(15)22/h3-9,11-12H,1,10,13H2,2H3/b19-12+. The van der Waals surface area contributed by atoms with E-state index >= 15 is 0 Å². The van der Waals surface area contributed by atoms with Crippen molar-refractivity contribution in [2.75, 3.05) is 13.7 Å². The van der Waals surface area contributed by atoms with Crippen LogP contribution in [0.3, 0.4) is 0 Å². The Labute approximate surface area is 172 Å². The number of hydrogen-bond acceptors (Lipinski definition) is 5. The number of methoxy groups -OCH3 is 1. The summed E-state index contributed by atoms with van der Waals surface area (Å²) in [5.41, 5.74) is 1.20. The topological polar surface area (TPSA) is 38.8 Å². The van der Waals surface area contributed by atoms with Gasteiger partial charge in [0.25, 0.3) is 5.91 Å². The van der Waals surface area contributed by atoms with Gasteiger partial charge in [0.05, 0.1) is 12.0 Å². The molecule has 1 heterocycles. The number of hydrogen-bond donors (Lipinski definition) is 0. The number of ether oxygens (including phenoxy) is 2. The molecule has 0 spiro atoms. The van der Waals surface area contributed by atoms with Gasteiger partial charge in [-0.25, -0.2) is 4.39 Å². The first kappa shape index (κ1) is 20.1. The molecule has 0 atom stereocenters. The molecule has 1 aliphatic rings. The van der Waals surface area contributed by atoms with Crippen LogP contribution in [-0.4, -0.2) is 28.8 Å². The van der Waals surface area contributed by atoms with E-state index in [1.54, 1.807) is 42.5 Å². The van der Waals surface area contributed by atoms with Crippen LogP contribution in [0.25, 0.3) is 6.08 Å². The molecule has 0 aliphatic carbocycles. The number of benzene rings is 2. The van der Waals surface area contributed by atoms with E-state index in [2.05, 4.69) is 6.58 Å². The van der Waals surface area contributed by atoms with Crippen molar-refractivity contribution < 1.29 is 18.7 Å². The molecular formula is C21H18FNO3S2. The van der Waals surface area contributed by atoms with Crippen LogP contribution in [-0.2, 0) is 11.4 Å². The Morgan fingerprint density at radius 1 is 1.25 bits per heavy atom. The van der Waals surface area contributed by atoms with E-state index in [9.17, 15) is 9.18 Å². The third kappa shape index (κ3) is 4.43. The molecule has 0 radical (unpaired) electrons. The summed E-state index contributed by atoms with van der Waals surface area (Å²) in [5.74, 6) is 0.497. The number of carbonyl (C=O) groups is 1. The normalized spacial score (nSPS) is 15.2. The lowest BCUT2D eigenvalue weighted by atomic mass is 10.1. The number of nitrogens with zero attached hydrogens (tertiary/aromatic N) is 1. The van der Waals surface area contributed by atoms with E-state index in [0.29, 0.717) is 32.8 Å². The Morgan fingerprint density at radius 2 is 2.04 bits per heavy atom. The van der Waals surface area contributed by atoms with Crippen molar-refractivity contribution in [1.82, 2.24) is 4.90 Å². The van der Waals surface area contributed by atoms with E-state index in [1.165, 1.54) is 29.8 Å². The van der Waals surface area contributed by atoms with Gasteiger partial charge in [-0.05, 0) is 29.8 Å². The van der Waals surface area contributed by atoms with Gasteiger partial charge in [0.15, 0.2) is 11.5 Å². The van der Waals surface area contributed by atoms with E-state index in [-0.39, 0.29) is 18.3 Å². The van der Waals surface area contributed by atoms with Gasteiger partial charge in [-0.1, -0.05) is 54.3 Å². The molecule has 28 heavy (non-hydrogen) atoms. The van der Waals surface area contributed by atoms with Crippen LogP contribution in [0, 0.1) is 5.82 Å². The number of thiocarbonyl (C=S) groups is 1. The minimum atomic E-state index is -0.330. The maximum Gasteiger partial charge on any atom is 0.266 e. The molecule has 3 rings (SSSR count). The number of halogens is 1. The molecule has 2 aromatic carbocycles. The van der Waals surface area contributed by atoms with Crippen molar-refractivity contribution >= 4 is 40.3 Å². The zero-order valence-corrected chi connectivity index (χ0v) is 16.8. The molecule has 1 saturated heterocycles. The van der Waals surface area contributed by atoms with Gasteiger partial charge >= 0.3 is 0 Å².